The van der Waals surface area contributed by atoms with E-state index in [1.165, 1.54) is 12.4 Å². The summed E-state index contributed by atoms with van der Waals surface area (Å²) in [4.78, 5) is 32.6. The fraction of sp³-hybridized carbons (Fsp3) is 0.100. The molecule has 5 aromatic rings. The molecular formula is C20H17N9O3S. The predicted octanol–water partition coefficient (Wildman–Crippen LogP) is 1.69. The highest BCUT2D eigenvalue weighted by Gasteiger charge is 2.18. The van der Waals surface area contributed by atoms with Gasteiger partial charge in [-0.1, -0.05) is 0 Å². The number of hydrogen-bond acceptors (Lipinski definition) is 8. The third-order valence-corrected chi connectivity index (χ3v) is 5.48. The van der Waals surface area contributed by atoms with E-state index in [0.717, 1.165) is 6.26 Å². The van der Waals surface area contributed by atoms with Gasteiger partial charge in [0, 0.05) is 36.8 Å². The Morgan fingerprint density at radius 2 is 1.88 bits per heavy atom. The maximum Gasteiger partial charge on any atom is 0.253 e. The Kier molecular flexibility index (Phi) is 4.74. The molecule has 0 fully saturated rings. The summed E-state index contributed by atoms with van der Waals surface area (Å²) in [6.07, 6.45) is 7.27. The number of hydrogen-bond donors (Lipinski definition) is 4. The molecule has 13 heteroatoms. The van der Waals surface area contributed by atoms with Gasteiger partial charge in [0.05, 0.1) is 29.1 Å². The minimum Gasteiger partial charge on any atom is -0.355 e. The molecule has 0 aliphatic rings. The lowest BCUT2D eigenvalue weighted by molar-refractivity contribution is 0.0964. The highest BCUT2D eigenvalue weighted by Crippen LogP contribution is 2.30. The summed E-state index contributed by atoms with van der Waals surface area (Å²) in [5.41, 5.74) is 4.02. The number of fused-ring (bicyclic) bond motifs is 2. The molecular weight excluding hydrogens is 446 g/mol. The third kappa shape index (κ3) is 3.85. The van der Waals surface area contributed by atoms with Gasteiger partial charge in [0.1, 0.15) is 11.2 Å². The second kappa shape index (κ2) is 7.63. The molecule has 1 amide bonds. The van der Waals surface area contributed by atoms with Gasteiger partial charge in [0.15, 0.2) is 17.1 Å². The summed E-state index contributed by atoms with van der Waals surface area (Å²) in [7, 11) is -1.89. The van der Waals surface area contributed by atoms with Crippen LogP contribution in [0.1, 0.15) is 10.4 Å². The number of amides is 1. The highest BCUT2D eigenvalue weighted by atomic mass is 32.2. The minimum atomic E-state index is -3.44. The Balaban J connectivity index is 1.60. The number of H-pyrrole nitrogens is 2. The van der Waals surface area contributed by atoms with Crippen LogP contribution in [0.5, 0.6) is 0 Å². The highest BCUT2D eigenvalue weighted by molar-refractivity contribution is 7.92. The van der Waals surface area contributed by atoms with E-state index in [2.05, 4.69) is 45.2 Å². The van der Waals surface area contributed by atoms with Crippen molar-refractivity contribution in [1.82, 2.24) is 40.4 Å². The molecule has 166 valence electrons. The van der Waals surface area contributed by atoms with Crippen LogP contribution in [0, 0.1) is 0 Å². The summed E-state index contributed by atoms with van der Waals surface area (Å²) >= 11 is 0. The van der Waals surface area contributed by atoms with E-state index in [1.54, 1.807) is 31.6 Å². The van der Waals surface area contributed by atoms with Crippen LogP contribution in [0.25, 0.3) is 44.8 Å². The first-order valence-electron chi connectivity index (χ1n) is 9.67. The second-order valence-corrected chi connectivity index (χ2v) is 9.00. The fourth-order valence-electron chi connectivity index (χ4n) is 3.45. The zero-order valence-electron chi connectivity index (χ0n) is 17.4. The Morgan fingerprint density at radius 1 is 1.06 bits per heavy atom. The Bertz CT molecular complexity index is 1640. The number of sulfonamides is 1. The molecule has 5 heterocycles. The van der Waals surface area contributed by atoms with Crippen LogP contribution >= 0.6 is 0 Å². The largest absolute Gasteiger partial charge is 0.355 e. The number of aromatic nitrogens is 7. The number of rotatable bonds is 5. The molecule has 0 radical (unpaired) electrons. The Hall–Kier alpha value is -4.39. The van der Waals surface area contributed by atoms with Crippen molar-refractivity contribution >= 4 is 43.8 Å². The number of nitrogens with one attached hydrogen (secondary N) is 4. The van der Waals surface area contributed by atoms with E-state index in [1.807, 2.05) is 6.07 Å². The first kappa shape index (κ1) is 20.5. The summed E-state index contributed by atoms with van der Waals surface area (Å²) in [6.45, 7) is 0. The van der Waals surface area contributed by atoms with E-state index < -0.39 is 10.0 Å². The monoisotopic (exact) mass is 463 g/mol. The van der Waals surface area contributed by atoms with Gasteiger partial charge in [0.2, 0.25) is 10.0 Å². The fourth-order valence-corrected chi connectivity index (χ4v) is 3.99. The van der Waals surface area contributed by atoms with Gasteiger partial charge in [-0.05, 0) is 18.2 Å². The molecule has 0 spiro atoms. The van der Waals surface area contributed by atoms with Gasteiger partial charge in [-0.25, -0.2) is 23.4 Å². The molecule has 0 bridgehead atoms. The smallest absolute Gasteiger partial charge is 0.253 e. The van der Waals surface area contributed by atoms with Crippen molar-refractivity contribution in [2.45, 2.75) is 0 Å². The molecule has 0 aromatic carbocycles. The summed E-state index contributed by atoms with van der Waals surface area (Å²) in [5.74, 6) is 0.149. The van der Waals surface area contributed by atoms with Crippen molar-refractivity contribution in [3.63, 3.8) is 0 Å². The van der Waals surface area contributed by atoms with E-state index in [9.17, 15) is 13.2 Å². The second-order valence-electron chi connectivity index (χ2n) is 7.25. The third-order valence-electron chi connectivity index (χ3n) is 4.87. The van der Waals surface area contributed by atoms with Crippen LogP contribution in [0.3, 0.4) is 0 Å². The lowest BCUT2D eigenvalue weighted by atomic mass is 10.1. The molecule has 0 saturated heterocycles. The SMILES string of the molecule is CNC(=O)c1ccnc2[nH]c(-c3n[nH]c4ncc(-c5cncc(NS(C)(=O)=O)c5)cc34)nc12. The molecule has 0 aliphatic heterocycles. The molecule has 0 aliphatic carbocycles. The maximum absolute atomic E-state index is 12.2. The van der Waals surface area contributed by atoms with Gasteiger partial charge in [0.25, 0.3) is 5.91 Å². The average molecular weight is 463 g/mol. The number of pyridine rings is 3. The van der Waals surface area contributed by atoms with Crippen molar-refractivity contribution in [2.24, 2.45) is 0 Å². The molecule has 33 heavy (non-hydrogen) atoms. The number of aromatic amines is 2. The van der Waals surface area contributed by atoms with Crippen LogP contribution in [-0.2, 0) is 10.0 Å². The lowest BCUT2D eigenvalue weighted by Crippen LogP contribution is -2.18. The van der Waals surface area contributed by atoms with Crippen molar-refractivity contribution in [2.75, 3.05) is 18.0 Å². The van der Waals surface area contributed by atoms with Crippen molar-refractivity contribution in [3.05, 3.63) is 48.5 Å². The molecule has 0 saturated carbocycles. The minimum absolute atomic E-state index is 0.272. The number of nitrogens with zero attached hydrogens (tertiary/aromatic N) is 5. The van der Waals surface area contributed by atoms with Crippen LogP contribution < -0.4 is 10.0 Å². The summed E-state index contributed by atoms with van der Waals surface area (Å²) < 4.78 is 25.5. The molecule has 4 N–H and O–H groups in total. The van der Waals surface area contributed by atoms with Crippen LogP contribution in [0.2, 0.25) is 0 Å². The van der Waals surface area contributed by atoms with Crippen LogP contribution in [0.15, 0.2) is 43.0 Å². The average Bonchev–Trinajstić information content (AvgIpc) is 3.40. The van der Waals surface area contributed by atoms with Crippen LogP contribution in [-0.4, -0.2) is 62.7 Å². The molecule has 0 unspecified atom stereocenters. The topological polar surface area (TPSA) is 171 Å². The normalized spacial score (nSPS) is 11.7. The molecule has 0 atom stereocenters. The van der Waals surface area contributed by atoms with Gasteiger partial charge in [-0.3, -0.25) is 19.6 Å². The first-order chi connectivity index (χ1) is 15.8. The lowest BCUT2D eigenvalue weighted by Gasteiger charge is -2.06. The van der Waals surface area contributed by atoms with Crippen LogP contribution in [0.4, 0.5) is 5.69 Å². The van der Waals surface area contributed by atoms with Gasteiger partial charge in [-0.2, -0.15) is 5.10 Å². The maximum atomic E-state index is 12.2. The molecule has 5 aromatic heterocycles. The van der Waals surface area contributed by atoms with E-state index in [0.29, 0.717) is 56.1 Å². The van der Waals surface area contributed by atoms with E-state index in [4.69, 9.17) is 0 Å². The van der Waals surface area contributed by atoms with Crippen molar-refractivity contribution in [1.29, 1.82) is 0 Å². The molecule has 5 rings (SSSR count). The Morgan fingerprint density at radius 3 is 2.67 bits per heavy atom. The van der Waals surface area contributed by atoms with Gasteiger partial charge < -0.3 is 10.3 Å². The zero-order valence-corrected chi connectivity index (χ0v) is 18.2. The van der Waals surface area contributed by atoms with E-state index in [-0.39, 0.29) is 5.91 Å². The predicted molar refractivity (Wildman–Crippen MR) is 122 cm³/mol. The number of anilines is 1. The zero-order chi connectivity index (χ0) is 23.2. The molecule has 12 nitrogen and oxygen atoms in total. The summed E-state index contributed by atoms with van der Waals surface area (Å²) in [6, 6.07) is 5.11. The van der Waals surface area contributed by atoms with Crippen molar-refractivity contribution < 1.29 is 13.2 Å². The standard InChI is InChI=1S/C20H17N9O3S/c1-21-20(30)13-3-4-23-18-15(13)25-19(26-18)16-14-6-11(8-24-17(14)28-27-16)10-5-12(9-22-7-10)29-33(2,31)32/h3-9,29H,1-2H3,(H,21,30)(H,23,25,26)(H,24,27,28). The number of carbonyl (C=O) groups is 1. The Labute approximate surface area is 187 Å². The van der Waals surface area contributed by atoms with E-state index >= 15 is 0 Å². The van der Waals surface area contributed by atoms with Gasteiger partial charge in [-0.15, -0.1) is 0 Å². The summed E-state index contributed by atoms with van der Waals surface area (Å²) in [5, 5.41) is 10.5. The van der Waals surface area contributed by atoms with Crippen molar-refractivity contribution in [3.8, 4) is 22.6 Å². The quantitative estimate of drug-likeness (QED) is 0.305. The first-order valence-corrected chi connectivity index (χ1v) is 11.6. The van der Waals surface area contributed by atoms with Gasteiger partial charge >= 0.3 is 0 Å². The number of carbonyl (C=O) groups excluding carboxylic acids is 1. The number of imidazole rings is 1.